The number of fused-ring (bicyclic) bond motifs is 2. The Hall–Kier alpha value is -1.30. The molecule has 0 aromatic rings. The van der Waals surface area contributed by atoms with E-state index in [-0.39, 0.29) is 24.2 Å². The van der Waals surface area contributed by atoms with E-state index in [1.807, 2.05) is 13.8 Å². The van der Waals surface area contributed by atoms with Crippen LogP contribution in [0.4, 0.5) is 4.79 Å². The molecule has 0 aliphatic carbocycles. The number of carbonyl (C=O) groups is 2. The first-order valence-electron chi connectivity index (χ1n) is 7.29. The van der Waals surface area contributed by atoms with E-state index in [1.54, 1.807) is 16.8 Å². The Labute approximate surface area is 119 Å². The fraction of sp³-hybridized carbons (Fsp3) is 0.857. The summed E-state index contributed by atoms with van der Waals surface area (Å²) >= 11 is 0. The fourth-order valence-corrected chi connectivity index (χ4v) is 3.27. The lowest BCUT2D eigenvalue weighted by molar-refractivity contribution is -0.142. The number of carbonyl (C=O) groups excluding carboxylic acids is 1. The van der Waals surface area contributed by atoms with E-state index in [0.29, 0.717) is 19.6 Å². The number of carboxylic acids is 1. The molecule has 0 aromatic heterocycles. The molecular weight excluding hydrogens is 260 g/mol. The zero-order valence-corrected chi connectivity index (χ0v) is 12.4. The van der Waals surface area contributed by atoms with Gasteiger partial charge in [-0.25, -0.2) is 4.79 Å². The maximum absolute atomic E-state index is 12.5. The van der Waals surface area contributed by atoms with Crippen LogP contribution in [-0.4, -0.2) is 65.3 Å². The van der Waals surface area contributed by atoms with Crippen molar-refractivity contribution in [2.45, 2.75) is 51.3 Å². The van der Waals surface area contributed by atoms with Crippen molar-refractivity contribution in [3.8, 4) is 0 Å². The van der Waals surface area contributed by atoms with E-state index < -0.39 is 11.9 Å². The van der Waals surface area contributed by atoms with E-state index >= 15 is 0 Å². The zero-order chi connectivity index (χ0) is 14.9. The van der Waals surface area contributed by atoms with Crippen molar-refractivity contribution in [3.63, 3.8) is 0 Å². The normalized spacial score (nSPS) is 28.2. The maximum Gasteiger partial charge on any atom is 0.320 e. The van der Waals surface area contributed by atoms with Gasteiger partial charge in [-0.2, -0.15) is 0 Å². The molecule has 3 atom stereocenters. The van der Waals surface area contributed by atoms with Gasteiger partial charge in [0.25, 0.3) is 0 Å². The highest BCUT2D eigenvalue weighted by molar-refractivity contribution is 5.79. The Bertz CT molecular complexity index is 385. The monoisotopic (exact) mass is 284 g/mol. The summed E-state index contributed by atoms with van der Waals surface area (Å²) in [5.74, 6) is -1.17. The Balaban J connectivity index is 1.91. The fourth-order valence-electron chi connectivity index (χ4n) is 3.27. The first-order chi connectivity index (χ1) is 9.41. The van der Waals surface area contributed by atoms with Gasteiger partial charge in [0.15, 0.2) is 0 Å². The predicted molar refractivity (Wildman–Crippen MR) is 73.5 cm³/mol. The Morgan fingerprint density at radius 3 is 2.65 bits per heavy atom. The van der Waals surface area contributed by atoms with Crippen LogP contribution in [0.5, 0.6) is 0 Å². The Kier molecular flexibility index (Phi) is 4.52. The minimum absolute atomic E-state index is 0.0615. The van der Waals surface area contributed by atoms with Crippen LogP contribution in [0.2, 0.25) is 0 Å². The van der Waals surface area contributed by atoms with E-state index in [1.165, 1.54) is 0 Å². The van der Waals surface area contributed by atoms with E-state index in [9.17, 15) is 14.7 Å². The van der Waals surface area contributed by atoms with Gasteiger partial charge in [0.1, 0.15) is 0 Å². The van der Waals surface area contributed by atoms with Gasteiger partial charge in [-0.3, -0.25) is 4.79 Å². The first-order valence-corrected chi connectivity index (χ1v) is 7.29. The van der Waals surface area contributed by atoms with Gasteiger partial charge in [-0.1, -0.05) is 0 Å². The van der Waals surface area contributed by atoms with Gasteiger partial charge in [0.2, 0.25) is 0 Å². The lowest BCUT2D eigenvalue weighted by Crippen LogP contribution is -2.46. The lowest BCUT2D eigenvalue weighted by atomic mass is 9.89. The van der Waals surface area contributed by atoms with Crippen LogP contribution in [0.1, 0.15) is 33.1 Å². The zero-order valence-electron chi connectivity index (χ0n) is 12.4. The molecule has 0 aromatic carbocycles. The molecule has 1 N–H and O–H groups in total. The predicted octanol–water partition coefficient (Wildman–Crippen LogP) is 1.40. The van der Waals surface area contributed by atoms with Crippen molar-refractivity contribution in [2.75, 3.05) is 20.2 Å². The van der Waals surface area contributed by atoms with Crippen molar-refractivity contribution in [1.82, 2.24) is 9.80 Å². The highest BCUT2D eigenvalue weighted by Gasteiger charge is 2.51. The largest absolute Gasteiger partial charge is 0.481 e. The SMILES string of the molecule is CC(C)OCCN(C)C(=O)N1C2CCC1C(C(=O)O)C2. The number of carboxylic acid groups (broad SMARTS) is 1. The standard InChI is InChI=1S/C14H24N2O4/c1-9(2)20-7-6-15(3)14(19)16-10-4-5-12(16)11(8-10)13(17)18/h9-12H,4-8H2,1-3H3,(H,17,18). The maximum atomic E-state index is 12.5. The van der Waals surface area contributed by atoms with Crippen molar-refractivity contribution >= 4 is 12.0 Å². The second-order valence-electron chi connectivity index (χ2n) is 6.01. The summed E-state index contributed by atoms with van der Waals surface area (Å²) in [6.45, 7) is 4.95. The molecule has 2 fully saturated rings. The molecule has 2 heterocycles. The molecule has 20 heavy (non-hydrogen) atoms. The number of rotatable bonds is 5. The van der Waals surface area contributed by atoms with Crippen LogP contribution in [0, 0.1) is 5.92 Å². The number of amides is 2. The lowest BCUT2D eigenvalue weighted by Gasteiger charge is -2.29. The molecule has 0 spiro atoms. The summed E-state index contributed by atoms with van der Waals surface area (Å²) in [4.78, 5) is 27.1. The van der Waals surface area contributed by atoms with Crippen molar-refractivity contribution in [3.05, 3.63) is 0 Å². The van der Waals surface area contributed by atoms with Crippen LogP contribution >= 0.6 is 0 Å². The first kappa shape index (κ1) is 15.1. The molecule has 114 valence electrons. The van der Waals surface area contributed by atoms with Gasteiger partial charge < -0.3 is 19.6 Å². The Morgan fingerprint density at radius 2 is 2.10 bits per heavy atom. The van der Waals surface area contributed by atoms with Crippen LogP contribution in [0.25, 0.3) is 0 Å². The molecule has 2 aliphatic rings. The van der Waals surface area contributed by atoms with E-state index in [2.05, 4.69) is 0 Å². The number of likely N-dealkylation sites (N-methyl/N-ethyl adjacent to an activating group) is 1. The average Bonchev–Trinajstić information content (AvgIpc) is 2.94. The number of aliphatic carboxylic acids is 1. The third kappa shape index (κ3) is 2.90. The van der Waals surface area contributed by atoms with Crippen molar-refractivity contribution in [1.29, 1.82) is 0 Å². The molecule has 0 radical (unpaired) electrons. The smallest absolute Gasteiger partial charge is 0.320 e. The average molecular weight is 284 g/mol. The highest BCUT2D eigenvalue weighted by atomic mass is 16.5. The minimum Gasteiger partial charge on any atom is -0.481 e. The highest BCUT2D eigenvalue weighted by Crippen LogP contribution is 2.42. The second-order valence-corrected chi connectivity index (χ2v) is 6.01. The molecule has 6 heteroatoms. The number of hydrogen-bond donors (Lipinski definition) is 1. The molecule has 6 nitrogen and oxygen atoms in total. The number of nitrogens with zero attached hydrogens (tertiary/aromatic N) is 2. The van der Waals surface area contributed by atoms with Gasteiger partial charge in [0.05, 0.1) is 18.6 Å². The molecule has 2 aliphatic heterocycles. The van der Waals surface area contributed by atoms with Gasteiger partial charge in [0, 0.05) is 25.7 Å². The van der Waals surface area contributed by atoms with Gasteiger partial charge in [-0.15, -0.1) is 0 Å². The van der Waals surface area contributed by atoms with Crippen LogP contribution in [0.3, 0.4) is 0 Å². The molecule has 2 bridgehead atoms. The summed E-state index contributed by atoms with van der Waals surface area (Å²) in [5.41, 5.74) is 0. The van der Waals surface area contributed by atoms with Gasteiger partial charge >= 0.3 is 12.0 Å². The number of ether oxygens (including phenoxy) is 1. The van der Waals surface area contributed by atoms with E-state index in [0.717, 1.165) is 12.8 Å². The third-order valence-corrected chi connectivity index (χ3v) is 4.28. The minimum atomic E-state index is -0.777. The third-order valence-electron chi connectivity index (χ3n) is 4.28. The van der Waals surface area contributed by atoms with Gasteiger partial charge in [-0.05, 0) is 33.1 Å². The van der Waals surface area contributed by atoms with Crippen LogP contribution in [0.15, 0.2) is 0 Å². The summed E-state index contributed by atoms with van der Waals surface area (Å²) in [5, 5.41) is 9.20. The van der Waals surface area contributed by atoms with Crippen LogP contribution in [-0.2, 0) is 9.53 Å². The summed E-state index contributed by atoms with van der Waals surface area (Å²) in [6.07, 6.45) is 2.49. The quantitative estimate of drug-likeness (QED) is 0.828. The molecular formula is C14H24N2O4. The van der Waals surface area contributed by atoms with Crippen molar-refractivity contribution < 1.29 is 19.4 Å². The summed E-state index contributed by atoms with van der Waals surface area (Å²) < 4.78 is 5.45. The number of urea groups is 1. The second kappa shape index (κ2) is 5.99. The molecule has 3 unspecified atom stereocenters. The number of hydrogen-bond acceptors (Lipinski definition) is 3. The molecule has 0 saturated carbocycles. The molecule has 2 rings (SSSR count). The topological polar surface area (TPSA) is 70.1 Å². The van der Waals surface area contributed by atoms with Crippen molar-refractivity contribution in [2.24, 2.45) is 5.92 Å². The van der Waals surface area contributed by atoms with E-state index in [4.69, 9.17) is 4.74 Å². The molecule has 2 saturated heterocycles. The Morgan fingerprint density at radius 1 is 1.40 bits per heavy atom. The molecule has 2 amide bonds. The summed E-state index contributed by atoms with van der Waals surface area (Å²) in [7, 11) is 1.75. The summed E-state index contributed by atoms with van der Waals surface area (Å²) in [6, 6.07) is -0.0888. The van der Waals surface area contributed by atoms with Crippen LogP contribution < -0.4 is 0 Å².